The molecule has 0 radical (unpaired) electrons. The number of piperazine rings is 1. The van der Waals surface area contributed by atoms with E-state index in [0.717, 1.165) is 49.5 Å². The molecule has 0 aliphatic carbocycles. The predicted octanol–water partition coefficient (Wildman–Crippen LogP) is 2.20. The molecule has 1 heterocycles. The van der Waals surface area contributed by atoms with Gasteiger partial charge in [-0.3, -0.25) is 9.69 Å². The largest absolute Gasteiger partial charge is 0.395 e. The van der Waals surface area contributed by atoms with Crippen LogP contribution in [-0.2, 0) is 0 Å². The third kappa shape index (κ3) is 4.95. The zero-order chi connectivity index (χ0) is 17.7. The Hall–Kier alpha value is -1.59. The van der Waals surface area contributed by atoms with Crippen molar-refractivity contribution in [2.45, 2.75) is 27.7 Å². The van der Waals surface area contributed by atoms with Crippen molar-refractivity contribution in [2.75, 3.05) is 51.2 Å². The molecule has 2 N–H and O–H groups in total. The summed E-state index contributed by atoms with van der Waals surface area (Å²) in [5, 5.41) is 12.5. The van der Waals surface area contributed by atoms with Gasteiger partial charge in [0, 0.05) is 50.5 Å². The van der Waals surface area contributed by atoms with E-state index in [1.54, 1.807) is 0 Å². The first-order valence-corrected chi connectivity index (χ1v) is 8.78. The van der Waals surface area contributed by atoms with E-state index < -0.39 is 0 Å². The maximum absolute atomic E-state index is 12.9. The molecule has 0 aromatic heterocycles. The number of carbonyl (C=O) groups excluding carboxylic acids is 1. The minimum absolute atomic E-state index is 0.107. The standard InChI is InChI=1S/C19H31N3O2/c1-15-16(6-5-7-17(15)20-14-19(2,3)4)18(24)22-10-8-21(9-11-22)12-13-23/h5-7,20,23H,8-14H2,1-4H3. The third-order valence-corrected chi connectivity index (χ3v) is 4.45. The first-order chi connectivity index (χ1) is 11.3. The predicted molar refractivity (Wildman–Crippen MR) is 98.6 cm³/mol. The van der Waals surface area contributed by atoms with Crippen molar-refractivity contribution < 1.29 is 9.90 Å². The summed E-state index contributed by atoms with van der Waals surface area (Å²) in [6.45, 7) is 13.4. The minimum atomic E-state index is 0.107. The van der Waals surface area contributed by atoms with Crippen molar-refractivity contribution in [1.82, 2.24) is 9.80 Å². The molecule has 1 amide bonds. The van der Waals surface area contributed by atoms with E-state index in [-0.39, 0.29) is 17.9 Å². The van der Waals surface area contributed by atoms with Crippen LogP contribution in [0.2, 0.25) is 0 Å². The molecule has 1 fully saturated rings. The van der Waals surface area contributed by atoms with Crippen LogP contribution in [0.15, 0.2) is 18.2 Å². The molecule has 0 bridgehead atoms. The SMILES string of the molecule is Cc1c(NCC(C)(C)C)cccc1C(=O)N1CCN(CCO)CC1. The van der Waals surface area contributed by atoms with Crippen LogP contribution in [0.25, 0.3) is 0 Å². The van der Waals surface area contributed by atoms with E-state index in [9.17, 15) is 4.79 Å². The number of anilines is 1. The van der Waals surface area contributed by atoms with E-state index in [0.29, 0.717) is 6.54 Å². The summed E-state index contributed by atoms with van der Waals surface area (Å²) < 4.78 is 0. The Morgan fingerprint density at radius 3 is 2.46 bits per heavy atom. The van der Waals surface area contributed by atoms with E-state index >= 15 is 0 Å². The first kappa shape index (κ1) is 18.7. The lowest BCUT2D eigenvalue weighted by molar-refractivity contribution is 0.0614. The molecule has 0 spiro atoms. The Balaban J connectivity index is 2.05. The second-order valence-corrected chi connectivity index (χ2v) is 7.75. The summed E-state index contributed by atoms with van der Waals surface area (Å²) in [4.78, 5) is 17.0. The molecule has 24 heavy (non-hydrogen) atoms. The molecule has 2 rings (SSSR count). The van der Waals surface area contributed by atoms with E-state index in [2.05, 4.69) is 31.0 Å². The van der Waals surface area contributed by atoms with E-state index in [1.807, 2.05) is 30.0 Å². The molecule has 0 unspecified atom stereocenters. The molecule has 5 heteroatoms. The summed E-state index contributed by atoms with van der Waals surface area (Å²) in [5.41, 5.74) is 3.03. The molecule has 134 valence electrons. The lowest BCUT2D eigenvalue weighted by Gasteiger charge is -2.34. The summed E-state index contributed by atoms with van der Waals surface area (Å²) in [5.74, 6) is 0.107. The number of carbonyl (C=O) groups is 1. The van der Waals surface area contributed by atoms with Gasteiger partial charge in [-0.15, -0.1) is 0 Å². The number of hydrogen-bond donors (Lipinski definition) is 2. The molecule has 0 atom stereocenters. The van der Waals surface area contributed by atoms with Crippen molar-refractivity contribution in [2.24, 2.45) is 5.41 Å². The van der Waals surface area contributed by atoms with Gasteiger partial charge in [-0.2, -0.15) is 0 Å². The number of nitrogens with one attached hydrogen (secondary N) is 1. The van der Waals surface area contributed by atoms with E-state index in [4.69, 9.17) is 5.11 Å². The average molecular weight is 333 g/mol. The van der Waals surface area contributed by atoms with Gasteiger partial charge in [0.15, 0.2) is 0 Å². The molecule has 5 nitrogen and oxygen atoms in total. The number of aliphatic hydroxyl groups is 1. The van der Waals surface area contributed by atoms with Crippen molar-refractivity contribution in [3.8, 4) is 0 Å². The summed E-state index contributed by atoms with van der Waals surface area (Å²) in [6.07, 6.45) is 0. The van der Waals surface area contributed by atoms with Gasteiger partial charge in [-0.1, -0.05) is 26.8 Å². The summed E-state index contributed by atoms with van der Waals surface area (Å²) in [7, 11) is 0. The molecule has 1 saturated heterocycles. The molecule has 1 aliphatic rings. The minimum Gasteiger partial charge on any atom is -0.395 e. The maximum atomic E-state index is 12.9. The molecule has 1 aromatic carbocycles. The van der Waals surface area contributed by atoms with Crippen molar-refractivity contribution in [3.63, 3.8) is 0 Å². The topological polar surface area (TPSA) is 55.8 Å². The Labute approximate surface area is 145 Å². The number of aliphatic hydroxyl groups excluding tert-OH is 1. The van der Waals surface area contributed by atoms with Crippen LogP contribution >= 0.6 is 0 Å². The van der Waals surface area contributed by atoms with Gasteiger partial charge in [0.1, 0.15) is 0 Å². The van der Waals surface area contributed by atoms with Gasteiger partial charge in [0.2, 0.25) is 0 Å². The average Bonchev–Trinajstić information content (AvgIpc) is 2.53. The Morgan fingerprint density at radius 2 is 1.88 bits per heavy atom. The van der Waals surface area contributed by atoms with Crippen LogP contribution in [0.3, 0.4) is 0 Å². The van der Waals surface area contributed by atoms with Crippen molar-refractivity contribution >= 4 is 11.6 Å². The number of nitrogens with zero attached hydrogens (tertiary/aromatic N) is 2. The van der Waals surface area contributed by atoms with E-state index in [1.165, 1.54) is 0 Å². The highest BCUT2D eigenvalue weighted by Crippen LogP contribution is 2.23. The summed E-state index contributed by atoms with van der Waals surface area (Å²) >= 11 is 0. The third-order valence-electron chi connectivity index (χ3n) is 4.45. The molecule has 1 aromatic rings. The Morgan fingerprint density at radius 1 is 1.21 bits per heavy atom. The van der Waals surface area contributed by atoms with Gasteiger partial charge >= 0.3 is 0 Å². The van der Waals surface area contributed by atoms with Crippen LogP contribution in [0.5, 0.6) is 0 Å². The number of benzene rings is 1. The molecular weight excluding hydrogens is 302 g/mol. The van der Waals surface area contributed by atoms with Crippen LogP contribution in [0.4, 0.5) is 5.69 Å². The number of hydrogen-bond acceptors (Lipinski definition) is 4. The van der Waals surface area contributed by atoms with Crippen molar-refractivity contribution in [1.29, 1.82) is 0 Å². The highest BCUT2D eigenvalue weighted by molar-refractivity contribution is 5.97. The Bertz CT molecular complexity index is 558. The van der Waals surface area contributed by atoms with Gasteiger partial charge in [-0.25, -0.2) is 0 Å². The lowest BCUT2D eigenvalue weighted by atomic mass is 9.96. The lowest BCUT2D eigenvalue weighted by Crippen LogP contribution is -2.49. The first-order valence-electron chi connectivity index (χ1n) is 8.78. The molecule has 0 saturated carbocycles. The van der Waals surface area contributed by atoms with Crippen LogP contribution in [0.1, 0.15) is 36.7 Å². The van der Waals surface area contributed by atoms with Gasteiger partial charge in [0.05, 0.1) is 6.61 Å². The maximum Gasteiger partial charge on any atom is 0.254 e. The van der Waals surface area contributed by atoms with Gasteiger partial charge < -0.3 is 15.3 Å². The van der Waals surface area contributed by atoms with Gasteiger partial charge in [0.25, 0.3) is 5.91 Å². The fourth-order valence-corrected chi connectivity index (χ4v) is 2.91. The number of rotatable bonds is 5. The normalized spacial score (nSPS) is 16.3. The monoisotopic (exact) mass is 333 g/mol. The van der Waals surface area contributed by atoms with Crippen molar-refractivity contribution in [3.05, 3.63) is 29.3 Å². The van der Waals surface area contributed by atoms with Crippen LogP contribution in [-0.4, -0.2) is 66.7 Å². The fourth-order valence-electron chi connectivity index (χ4n) is 2.91. The second-order valence-electron chi connectivity index (χ2n) is 7.75. The Kier molecular flexibility index (Phi) is 6.24. The summed E-state index contributed by atoms with van der Waals surface area (Å²) in [6, 6.07) is 5.91. The fraction of sp³-hybridized carbons (Fsp3) is 0.632. The second kappa shape index (κ2) is 7.99. The quantitative estimate of drug-likeness (QED) is 0.867. The smallest absolute Gasteiger partial charge is 0.254 e. The highest BCUT2D eigenvalue weighted by Gasteiger charge is 2.23. The zero-order valence-corrected chi connectivity index (χ0v) is 15.4. The van der Waals surface area contributed by atoms with Crippen LogP contribution in [0, 0.1) is 12.3 Å². The highest BCUT2D eigenvalue weighted by atomic mass is 16.3. The molecular formula is C19H31N3O2. The zero-order valence-electron chi connectivity index (χ0n) is 15.4. The van der Waals surface area contributed by atoms with Crippen LogP contribution < -0.4 is 5.32 Å². The number of β-amino-alcohol motifs (C(OH)–C–C–N with tert-alkyl or cyclic N) is 1. The molecule has 1 aliphatic heterocycles. The number of amides is 1. The van der Waals surface area contributed by atoms with Gasteiger partial charge in [-0.05, 0) is 30.0 Å².